The molecule has 4 rings (SSSR count). The highest BCUT2D eigenvalue weighted by Gasteiger charge is 2.45. The lowest BCUT2D eigenvalue weighted by molar-refractivity contribution is -0.117. The van der Waals surface area contributed by atoms with Gasteiger partial charge in [-0.3, -0.25) is 14.5 Å². The minimum atomic E-state index is -0.810. The summed E-state index contributed by atoms with van der Waals surface area (Å²) in [5.74, 6) is -1.69. The number of nitrogens with zero attached hydrogens (tertiary/aromatic N) is 3. The summed E-state index contributed by atoms with van der Waals surface area (Å²) < 4.78 is 0.791. The first-order chi connectivity index (χ1) is 14.5. The van der Waals surface area contributed by atoms with E-state index in [0.717, 1.165) is 10.0 Å². The van der Waals surface area contributed by atoms with Gasteiger partial charge in [0.15, 0.2) is 11.5 Å². The Morgan fingerprint density at radius 1 is 1.17 bits per heavy atom. The Bertz CT molecular complexity index is 1190. The maximum absolute atomic E-state index is 13.1. The zero-order chi connectivity index (χ0) is 21.3. The second-order valence-electron chi connectivity index (χ2n) is 6.61. The largest absolute Gasteiger partial charge is 0.503 e. The predicted molar refractivity (Wildman–Crippen MR) is 119 cm³/mol. The molecule has 0 spiro atoms. The molecule has 2 aromatic carbocycles. The van der Waals surface area contributed by atoms with E-state index in [-0.39, 0.29) is 5.57 Å². The van der Waals surface area contributed by atoms with Crippen LogP contribution in [0.2, 0.25) is 0 Å². The molecule has 8 heteroatoms. The van der Waals surface area contributed by atoms with Crippen LogP contribution in [0, 0.1) is 6.92 Å². The van der Waals surface area contributed by atoms with E-state index in [2.05, 4.69) is 26.1 Å². The number of allylic oxidation sites excluding steroid dienone is 1. The Morgan fingerprint density at radius 2 is 1.93 bits per heavy atom. The van der Waals surface area contributed by atoms with Gasteiger partial charge < -0.3 is 5.11 Å². The Labute approximate surface area is 185 Å². The fraction of sp³-hybridized carbons (Fsp3) is 0.0909. The third kappa shape index (κ3) is 3.83. The number of hydrogen-bond acceptors (Lipinski definition) is 6. The van der Waals surface area contributed by atoms with Gasteiger partial charge >= 0.3 is 0 Å². The molecule has 0 fully saturated rings. The second-order valence-corrected chi connectivity index (χ2v) is 8.68. The number of benzene rings is 2. The van der Waals surface area contributed by atoms with E-state index < -0.39 is 23.5 Å². The Hall–Kier alpha value is -3.10. The summed E-state index contributed by atoms with van der Waals surface area (Å²) in [4.78, 5) is 27.4. The number of rotatable bonds is 5. The molecule has 0 aliphatic carbocycles. The van der Waals surface area contributed by atoms with Crippen LogP contribution in [0.25, 0.3) is 6.08 Å². The Morgan fingerprint density at radius 3 is 2.60 bits per heavy atom. The first-order valence-corrected chi connectivity index (χ1v) is 10.7. The van der Waals surface area contributed by atoms with Gasteiger partial charge in [-0.2, -0.15) is 0 Å². The smallest absolute Gasteiger partial charge is 0.296 e. The van der Waals surface area contributed by atoms with E-state index in [1.54, 1.807) is 19.1 Å². The third-order valence-corrected chi connectivity index (χ3v) is 5.92. The number of carbonyl (C=O) groups excluding carboxylic acids is 2. The number of aromatic nitrogens is 2. The standard InChI is InChI=1S/C22H16BrN3O3S/c1-13-24-25-22(30-13)26-19(15-8-5-9-16(23)12-15)18(20(28)21(26)29)17(27)11-10-14-6-3-2-4-7-14/h2-12,19,28H,1H3. The second kappa shape index (κ2) is 8.33. The molecule has 1 N–H and O–H groups in total. The van der Waals surface area contributed by atoms with Crippen LogP contribution < -0.4 is 4.90 Å². The summed E-state index contributed by atoms with van der Waals surface area (Å²) in [6.07, 6.45) is 3.02. The number of ketones is 1. The van der Waals surface area contributed by atoms with Crippen LogP contribution in [-0.2, 0) is 9.59 Å². The lowest BCUT2D eigenvalue weighted by Crippen LogP contribution is -2.30. The number of carbonyl (C=O) groups is 2. The molecule has 30 heavy (non-hydrogen) atoms. The van der Waals surface area contributed by atoms with Crippen molar-refractivity contribution in [3.8, 4) is 0 Å². The topological polar surface area (TPSA) is 83.4 Å². The van der Waals surface area contributed by atoms with Crippen molar-refractivity contribution < 1.29 is 14.7 Å². The number of aliphatic hydroxyl groups is 1. The zero-order valence-electron chi connectivity index (χ0n) is 15.8. The van der Waals surface area contributed by atoms with Crippen molar-refractivity contribution in [2.75, 3.05) is 4.90 Å². The monoisotopic (exact) mass is 481 g/mol. The highest BCUT2D eigenvalue weighted by atomic mass is 79.9. The average Bonchev–Trinajstić information content (AvgIpc) is 3.28. The number of amides is 1. The third-order valence-electron chi connectivity index (χ3n) is 4.59. The quantitative estimate of drug-likeness (QED) is 0.529. The van der Waals surface area contributed by atoms with Crippen molar-refractivity contribution in [3.05, 3.63) is 92.6 Å². The number of aliphatic hydroxyl groups excluding tert-OH is 1. The molecule has 0 saturated carbocycles. The summed E-state index contributed by atoms with van der Waals surface area (Å²) >= 11 is 4.65. The number of halogens is 1. The van der Waals surface area contributed by atoms with Gasteiger partial charge in [-0.05, 0) is 36.3 Å². The molecule has 1 aromatic heterocycles. The minimum Gasteiger partial charge on any atom is -0.503 e. The SMILES string of the molecule is Cc1nnc(N2C(=O)C(O)=C(C(=O)C=Cc3ccccc3)C2c2cccc(Br)c2)s1. The van der Waals surface area contributed by atoms with E-state index in [0.29, 0.717) is 15.7 Å². The van der Waals surface area contributed by atoms with Crippen LogP contribution in [0.3, 0.4) is 0 Å². The first kappa shape index (κ1) is 20.2. The van der Waals surface area contributed by atoms with Crippen molar-refractivity contribution in [1.82, 2.24) is 10.2 Å². The number of anilines is 1. The molecule has 0 saturated heterocycles. The average molecular weight is 482 g/mol. The van der Waals surface area contributed by atoms with Gasteiger partial charge in [-0.1, -0.05) is 75.8 Å². The highest BCUT2D eigenvalue weighted by molar-refractivity contribution is 9.10. The minimum absolute atomic E-state index is 0.0122. The molecule has 3 aromatic rings. The van der Waals surface area contributed by atoms with Gasteiger partial charge in [-0.15, -0.1) is 10.2 Å². The summed E-state index contributed by atoms with van der Waals surface area (Å²) in [6, 6.07) is 15.8. The molecule has 1 aliphatic rings. The zero-order valence-corrected chi connectivity index (χ0v) is 18.2. The van der Waals surface area contributed by atoms with E-state index >= 15 is 0 Å². The van der Waals surface area contributed by atoms with Gasteiger partial charge in [0.05, 0.1) is 11.6 Å². The Balaban J connectivity index is 1.79. The first-order valence-electron chi connectivity index (χ1n) is 9.05. The molecule has 1 aliphatic heterocycles. The molecule has 1 unspecified atom stereocenters. The van der Waals surface area contributed by atoms with Gasteiger partial charge in [-0.25, -0.2) is 0 Å². The van der Waals surface area contributed by atoms with Crippen molar-refractivity contribution in [2.45, 2.75) is 13.0 Å². The van der Waals surface area contributed by atoms with Crippen LogP contribution in [0.15, 0.2) is 76.5 Å². The van der Waals surface area contributed by atoms with Gasteiger partial charge in [0.1, 0.15) is 5.01 Å². The van der Waals surface area contributed by atoms with Crippen molar-refractivity contribution >= 4 is 50.2 Å². The van der Waals surface area contributed by atoms with Crippen LogP contribution in [0.5, 0.6) is 0 Å². The molecule has 150 valence electrons. The predicted octanol–water partition coefficient (Wildman–Crippen LogP) is 4.79. The Kier molecular flexibility index (Phi) is 5.61. The van der Waals surface area contributed by atoms with Crippen LogP contribution in [0.1, 0.15) is 22.2 Å². The maximum Gasteiger partial charge on any atom is 0.296 e. The van der Waals surface area contributed by atoms with E-state index in [1.165, 1.54) is 22.3 Å². The van der Waals surface area contributed by atoms with E-state index in [1.807, 2.05) is 48.5 Å². The van der Waals surface area contributed by atoms with Crippen molar-refractivity contribution in [2.24, 2.45) is 0 Å². The van der Waals surface area contributed by atoms with Gasteiger partial charge in [0, 0.05) is 4.47 Å². The molecular formula is C22H16BrN3O3S. The van der Waals surface area contributed by atoms with Crippen LogP contribution in [0.4, 0.5) is 5.13 Å². The van der Waals surface area contributed by atoms with E-state index in [9.17, 15) is 14.7 Å². The van der Waals surface area contributed by atoms with Crippen molar-refractivity contribution in [1.29, 1.82) is 0 Å². The molecule has 6 nitrogen and oxygen atoms in total. The van der Waals surface area contributed by atoms with Crippen molar-refractivity contribution in [3.63, 3.8) is 0 Å². The van der Waals surface area contributed by atoms with Gasteiger partial charge in [0.25, 0.3) is 5.91 Å². The lowest BCUT2D eigenvalue weighted by atomic mass is 9.96. The van der Waals surface area contributed by atoms with Gasteiger partial charge in [0.2, 0.25) is 5.13 Å². The number of hydrogen-bond donors (Lipinski definition) is 1. The van der Waals surface area contributed by atoms with Crippen LogP contribution >= 0.6 is 27.3 Å². The van der Waals surface area contributed by atoms with Crippen LogP contribution in [-0.4, -0.2) is 27.0 Å². The molecule has 0 radical (unpaired) electrons. The molecule has 1 atom stereocenters. The molecular weight excluding hydrogens is 466 g/mol. The summed E-state index contributed by atoms with van der Waals surface area (Å²) in [5.41, 5.74) is 1.52. The molecule has 1 amide bonds. The number of aryl methyl sites for hydroxylation is 1. The normalized spacial score (nSPS) is 16.7. The van der Waals surface area contributed by atoms with E-state index in [4.69, 9.17) is 0 Å². The fourth-order valence-corrected chi connectivity index (χ4v) is 4.39. The maximum atomic E-state index is 13.1. The highest BCUT2D eigenvalue weighted by Crippen LogP contribution is 2.42. The summed E-state index contributed by atoms with van der Waals surface area (Å²) in [5, 5.41) is 19.7. The molecule has 0 bridgehead atoms. The molecule has 2 heterocycles. The lowest BCUT2D eigenvalue weighted by Gasteiger charge is -2.23. The summed E-state index contributed by atoms with van der Waals surface area (Å²) in [6.45, 7) is 1.78. The fourth-order valence-electron chi connectivity index (χ4n) is 3.26. The summed E-state index contributed by atoms with van der Waals surface area (Å²) in [7, 11) is 0.